The number of nitrogens with zero attached hydrogens (tertiary/aromatic N) is 2. The molecule has 1 rings (SSSR count). The van der Waals surface area contributed by atoms with Crippen molar-refractivity contribution in [3.05, 3.63) is 18.6 Å². The molecule has 0 aromatic carbocycles. The molecule has 0 bridgehead atoms. The molecule has 0 radical (unpaired) electrons. The smallest absolute Gasteiger partial charge is 0.323 e. The van der Waals surface area contributed by atoms with Crippen molar-refractivity contribution in [3.8, 4) is 0 Å². The first-order valence-corrected chi connectivity index (χ1v) is 7.50. The molecule has 0 saturated heterocycles. The number of aromatic nitrogens is 2. The minimum Gasteiger partial charge on any atom is -0.480 e. The van der Waals surface area contributed by atoms with Crippen LogP contribution in [0.15, 0.2) is 23.6 Å². The average Bonchev–Trinajstić information content (AvgIpc) is 2.43. The largest absolute Gasteiger partial charge is 0.480 e. The maximum atomic E-state index is 11.4. The lowest BCUT2D eigenvalue weighted by Gasteiger charge is -2.29. The van der Waals surface area contributed by atoms with Crippen molar-refractivity contribution in [1.29, 1.82) is 0 Å². The van der Waals surface area contributed by atoms with E-state index in [4.69, 9.17) is 0 Å². The van der Waals surface area contributed by atoms with Gasteiger partial charge in [0.15, 0.2) is 0 Å². The molecular formula is C13H21N3O2S. The molecule has 0 fully saturated rings. The number of aliphatic carboxylic acids is 1. The molecule has 1 aromatic heterocycles. The van der Waals surface area contributed by atoms with Gasteiger partial charge in [0, 0.05) is 6.20 Å². The first-order chi connectivity index (χ1) is 9.14. The SMILES string of the molecule is CCNC(CC)(CCCSc1ccncn1)C(=O)O. The summed E-state index contributed by atoms with van der Waals surface area (Å²) in [4.78, 5) is 19.4. The Labute approximate surface area is 118 Å². The summed E-state index contributed by atoms with van der Waals surface area (Å²) in [6, 6.07) is 1.86. The normalized spacial score (nSPS) is 14.0. The molecule has 1 atom stereocenters. The molecule has 0 aliphatic rings. The molecule has 0 amide bonds. The molecule has 0 aliphatic carbocycles. The number of likely N-dealkylation sites (N-methyl/N-ethyl adjacent to an activating group) is 1. The van der Waals surface area contributed by atoms with E-state index in [1.54, 1.807) is 18.0 Å². The molecule has 2 N–H and O–H groups in total. The van der Waals surface area contributed by atoms with Crippen LogP contribution in [0.1, 0.15) is 33.1 Å². The molecule has 1 aromatic rings. The third-order valence-electron chi connectivity index (χ3n) is 3.08. The standard InChI is InChI=1S/C13H21N3O2S/c1-3-13(12(17)18,16-4-2)7-5-9-19-11-6-8-14-10-15-11/h6,8,10,16H,3-5,7,9H2,1-2H3,(H,17,18). The first kappa shape index (κ1) is 15.9. The fraction of sp³-hybridized carbons (Fsp3) is 0.615. The Morgan fingerprint density at radius 2 is 2.32 bits per heavy atom. The van der Waals surface area contributed by atoms with Gasteiger partial charge in [0.25, 0.3) is 0 Å². The van der Waals surface area contributed by atoms with E-state index in [2.05, 4.69) is 15.3 Å². The Kier molecular flexibility index (Phi) is 6.80. The van der Waals surface area contributed by atoms with E-state index in [1.807, 2.05) is 19.9 Å². The third kappa shape index (κ3) is 4.80. The topological polar surface area (TPSA) is 75.1 Å². The van der Waals surface area contributed by atoms with Crippen LogP contribution in [0.25, 0.3) is 0 Å². The van der Waals surface area contributed by atoms with Crippen LogP contribution in [0.5, 0.6) is 0 Å². The van der Waals surface area contributed by atoms with Crippen molar-refractivity contribution >= 4 is 17.7 Å². The molecule has 1 unspecified atom stereocenters. The Morgan fingerprint density at radius 3 is 2.84 bits per heavy atom. The first-order valence-electron chi connectivity index (χ1n) is 6.52. The van der Waals surface area contributed by atoms with E-state index >= 15 is 0 Å². The zero-order valence-corrected chi connectivity index (χ0v) is 12.2. The molecule has 1 heterocycles. The number of nitrogens with one attached hydrogen (secondary N) is 1. The maximum absolute atomic E-state index is 11.4. The lowest BCUT2D eigenvalue weighted by atomic mass is 9.91. The van der Waals surface area contributed by atoms with Gasteiger partial charge in [0.1, 0.15) is 11.9 Å². The Hall–Kier alpha value is -1.14. The molecule has 106 valence electrons. The highest BCUT2D eigenvalue weighted by molar-refractivity contribution is 7.99. The van der Waals surface area contributed by atoms with Crippen molar-refractivity contribution in [2.24, 2.45) is 0 Å². The molecule has 6 heteroatoms. The van der Waals surface area contributed by atoms with Crippen LogP contribution in [0.3, 0.4) is 0 Å². The molecule has 0 aliphatic heterocycles. The van der Waals surface area contributed by atoms with Crippen molar-refractivity contribution in [1.82, 2.24) is 15.3 Å². The molecule has 19 heavy (non-hydrogen) atoms. The quantitative estimate of drug-likeness (QED) is 0.411. The van der Waals surface area contributed by atoms with Gasteiger partial charge in [-0.3, -0.25) is 4.79 Å². The predicted molar refractivity (Wildman–Crippen MR) is 76.3 cm³/mol. The van der Waals surface area contributed by atoms with E-state index < -0.39 is 11.5 Å². The molecular weight excluding hydrogens is 262 g/mol. The zero-order chi connectivity index (χ0) is 14.1. The molecule has 0 spiro atoms. The van der Waals surface area contributed by atoms with E-state index in [-0.39, 0.29) is 0 Å². The predicted octanol–water partition coefficient (Wildman–Crippen LogP) is 2.19. The summed E-state index contributed by atoms with van der Waals surface area (Å²) in [5, 5.41) is 13.4. The summed E-state index contributed by atoms with van der Waals surface area (Å²) in [5.41, 5.74) is -0.791. The second-order valence-electron chi connectivity index (χ2n) is 4.27. The summed E-state index contributed by atoms with van der Waals surface area (Å²) in [6.45, 7) is 4.51. The van der Waals surface area contributed by atoms with Gasteiger partial charge < -0.3 is 10.4 Å². The van der Waals surface area contributed by atoms with Gasteiger partial charge in [-0.15, -0.1) is 11.8 Å². The summed E-state index contributed by atoms with van der Waals surface area (Å²) in [5.74, 6) is 0.0983. The maximum Gasteiger partial charge on any atom is 0.323 e. The lowest BCUT2D eigenvalue weighted by molar-refractivity contribution is -0.145. The second kappa shape index (κ2) is 8.12. The number of hydrogen-bond acceptors (Lipinski definition) is 5. The third-order valence-corrected chi connectivity index (χ3v) is 4.11. The average molecular weight is 283 g/mol. The van der Waals surface area contributed by atoms with E-state index in [9.17, 15) is 9.90 Å². The Morgan fingerprint density at radius 1 is 1.53 bits per heavy atom. The number of carboxylic acid groups (broad SMARTS) is 1. The Balaban J connectivity index is 2.42. The fourth-order valence-corrected chi connectivity index (χ4v) is 2.75. The number of rotatable bonds is 9. The second-order valence-corrected chi connectivity index (χ2v) is 5.39. The van der Waals surface area contributed by atoms with Crippen LogP contribution in [0, 0.1) is 0 Å². The van der Waals surface area contributed by atoms with Crippen LogP contribution in [-0.2, 0) is 4.79 Å². The van der Waals surface area contributed by atoms with Gasteiger partial charge >= 0.3 is 5.97 Å². The van der Waals surface area contributed by atoms with Crippen molar-refractivity contribution < 1.29 is 9.90 Å². The van der Waals surface area contributed by atoms with E-state index in [0.29, 0.717) is 19.4 Å². The fourth-order valence-electron chi connectivity index (χ4n) is 1.98. The van der Waals surface area contributed by atoms with Gasteiger partial charge in [0.05, 0.1) is 5.03 Å². The molecule has 5 nitrogen and oxygen atoms in total. The van der Waals surface area contributed by atoms with Crippen molar-refractivity contribution in [2.45, 2.75) is 43.7 Å². The van der Waals surface area contributed by atoms with Gasteiger partial charge in [-0.1, -0.05) is 13.8 Å². The molecule has 0 saturated carbocycles. The van der Waals surface area contributed by atoms with Crippen molar-refractivity contribution in [3.63, 3.8) is 0 Å². The van der Waals surface area contributed by atoms with Crippen LogP contribution < -0.4 is 5.32 Å². The number of hydrogen-bond donors (Lipinski definition) is 2. The van der Waals surface area contributed by atoms with E-state index in [0.717, 1.165) is 17.2 Å². The summed E-state index contributed by atoms with van der Waals surface area (Å²) in [6.07, 6.45) is 5.29. The van der Waals surface area contributed by atoms with Crippen LogP contribution >= 0.6 is 11.8 Å². The number of thioether (sulfide) groups is 1. The highest BCUT2D eigenvalue weighted by Gasteiger charge is 2.34. The minimum absolute atomic E-state index is 0.592. The van der Waals surface area contributed by atoms with Crippen LogP contribution in [-0.4, -0.2) is 38.9 Å². The Bertz CT molecular complexity index is 389. The summed E-state index contributed by atoms with van der Waals surface area (Å²) >= 11 is 1.63. The zero-order valence-electron chi connectivity index (χ0n) is 11.4. The minimum atomic E-state index is -0.791. The van der Waals surface area contributed by atoms with Gasteiger partial charge in [0.2, 0.25) is 0 Å². The summed E-state index contributed by atoms with van der Waals surface area (Å²) in [7, 11) is 0. The summed E-state index contributed by atoms with van der Waals surface area (Å²) < 4.78 is 0. The monoisotopic (exact) mass is 283 g/mol. The number of carboxylic acids is 1. The van der Waals surface area contributed by atoms with E-state index in [1.165, 1.54) is 6.33 Å². The highest BCUT2D eigenvalue weighted by Crippen LogP contribution is 2.22. The number of carbonyl (C=O) groups is 1. The van der Waals surface area contributed by atoms with Crippen molar-refractivity contribution in [2.75, 3.05) is 12.3 Å². The van der Waals surface area contributed by atoms with Crippen LogP contribution in [0.4, 0.5) is 0 Å². The lowest BCUT2D eigenvalue weighted by Crippen LogP contribution is -2.51. The van der Waals surface area contributed by atoms with Crippen LogP contribution in [0.2, 0.25) is 0 Å². The van der Waals surface area contributed by atoms with Gasteiger partial charge in [-0.25, -0.2) is 9.97 Å². The highest BCUT2D eigenvalue weighted by atomic mass is 32.2. The van der Waals surface area contributed by atoms with Gasteiger partial charge in [-0.05, 0) is 37.6 Å². The van der Waals surface area contributed by atoms with Gasteiger partial charge in [-0.2, -0.15) is 0 Å².